The number of rotatable bonds is 4. The van der Waals surface area contributed by atoms with Crippen LogP contribution in [-0.4, -0.2) is 15.0 Å². The molecule has 0 amide bonds. The van der Waals surface area contributed by atoms with E-state index in [1.165, 1.54) is 6.33 Å². The largest absolute Gasteiger partial charge is 0.441 e. The van der Waals surface area contributed by atoms with Crippen LogP contribution in [0.25, 0.3) is 11.5 Å². The third-order valence-corrected chi connectivity index (χ3v) is 3.14. The highest BCUT2D eigenvalue weighted by Crippen LogP contribution is 2.19. The highest BCUT2D eigenvalue weighted by atomic mass is 35.5. The van der Waals surface area contributed by atoms with Crippen LogP contribution < -0.4 is 5.32 Å². The topological polar surface area (TPSA) is 63.8 Å². The van der Waals surface area contributed by atoms with E-state index in [2.05, 4.69) is 20.3 Å². The number of aryl methyl sites for hydroxylation is 1. The molecule has 6 heteroatoms. The van der Waals surface area contributed by atoms with Gasteiger partial charge in [-0.2, -0.15) is 0 Å². The van der Waals surface area contributed by atoms with Crippen molar-refractivity contribution in [1.82, 2.24) is 15.0 Å². The molecule has 0 saturated heterocycles. The molecule has 0 aliphatic heterocycles. The van der Waals surface area contributed by atoms with Crippen molar-refractivity contribution in [2.24, 2.45) is 0 Å². The van der Waals surface area contributed by atoms with Crippen LogP contribution in [-0.2, 0) is 6.54 Å². The quantitative estimate of drug-likeness (QED) is 0.744. The molecule has 1 N–H and O–H groups in total. The predicted octanol–water partition coefficient (Wildman–Crippen LogP) is 3.71. The van der Waals surface area contributed by atoms with Crippen LogP contribution in [0.1, 0.15) is 11.3 Å². The molecule has 1 aromatic carbocycles. The monoisotopic (exact) mass is 300 g/mol. The minimum atomic E-state index is 0.419. The molecule has 0 aliphatic rings. The summed E-state index contributed by atoms with van der Waals surface area (Å²) in [6, 6.07) is 9.69. The summed E-state index contributed by atoms with van der Waals surface area (Å²) in [6.45, 7) is 2.53. The highest BCUT2D eigenvalue weighted by Gasteiger charge is 2.04. The van der Waals surface area contributed by atoms with Crippen molar-refractivity contribution in [3.05, 3.63) is 59.3 Å². The maximum Gasteiger partial charge on any atom is 0.226 e. The Morgan fingerprint density at radius 3 is 2.62 bits per heavy atom. The lowest BCUT2D eigenvalue weighted by molar-refractivity contribution is 0.542. The van der Waals surface area contributed by atoms with E-state index in [0.717, 1.165) is 16.9 Å². The minimum absolute atomic E-state index is 0.419. The number of nitrogens with one attached hydrogen (secondary N) is 1. The Morgan fingerprint density at radius 2 is 1.95 bits per heavy atom. The number of halogens is 1. The molecule has 0 bridgehead atoms. The van der Waals surface area contributed by atoms with Crippen molar-refractivity contribution in [3.63, 3.8) is 0 Å². The molecular weight excluding hydrogens is 288 g/mol. The van der Waals surface area contributed by atoms with E-state index in [1.54, 1.807) is 12.3 Å². The van der Waals surface area contributed by atoms with Crippen LogP contribution in [0.2, 0.25) is 5.15 Å². The molecule has 2 aromatic heterocycles. The fraction of sp³-hybridized carbons (Fsp3) is 0.133. The summed E-state index contributed by atoms with van der Waals surface area (Å²) in [4.78, 5) is 12.1. The van der Waals surface area contributed by atoms with Crippen LogP contribution in [0.3, 0.4) is 0 Å². The van der Waals surface area contributed by atoms with Gasteiger partial charge in [0.15, 0.2) is 0 Å². The fourth-order valence-corrected chi connectivity index (χ4v) is 2.02. The second kappa shape index (κ2) is 5.93. The van der Waals surface area contributed by atoms with E-state index in [9.17, 15) is 0 Å². The zero-order chi connectivity index (χ0) is 14.7. The molecule has 5 nitrogen and oxygen atoms in total. The first-order chi connectivity index (χ1) is 10.2. The van der Waals surface area contributed by atoms with Gasteiger partial charge in [0.05, 0.1) is 6.20 Å². The Labute approximate surface area is 127 Å². The number of aromatic nitrogens is 3. The third kappa shape index (κ3) is 3.38. The summed E-state index contributed by atoms with van der Waals surface area (Å²) in [5.74, 6) is 2.13. The van der Waals surface area contributed by atoms with Crippen molar-refractivity contribution in [3.8, 4) is 11.5 Å². The van der Waals surface area contributed by atoms with Gasteiger partial charge < -0.3 is 9.73 Å². The molecule has 3 aromatic rings. The molecule has 0 saturated carbocycles. The molecule has 0 aliphatic carbocycles. The lowest BCUT2D eigenvalue weighted by atomic mass is 10.1. The summed E-state index contributed by atoms with van der Waals surface area (Å²) < 4.78 is 5.49. The Hall–Kier alpha value is -2.40. The third-order valence-electron chi connectivity index (χ3n) is 2.93. The Bertz CT molecular complexity index is 739. The summed E-state index contributed by atoms with van der Waals surface area (Å²) in [7, 11) is 0. The van der Waals surface area contributed by atoms with Crippen LogP contribution in [0.5, 0.6) is 0 Å². The number of hydrogen-bond donors (Lipinski definition) is 1. The number of nitrogens with zero attached hydrogens (tertiary/aromatic N) is 3. The number of oxazole rings is 1. The summed E-state index contributed by atoms with van der Waals surface area (Å²) in [5, 5.41) is 3.61. The lowest BCUT2D eigenvalue weighted by Crippen LogP contribution is -2.01. The minimum Gasteiger partial charge on any atom is -0.441 e. The average molecular weight is 301 g/mol. The first-order valence-corrected chi connectivity index (χ1v) is 6.82. The van der Waals surface area contributed by atoms with Gasteiger partial charge in [-0.1, -0.05) is 23.7 Å². The van der Waals surface area contributed by atoms with Gasteiger partial charge in [-0.05, 0) is 24.6 Å². The molecule has 0 fully saturated rings. The first-order valence-electron chi connectivity index (χ1n) is 6.44. The molecular formula is C15H13ClN4O. The van der Waals surface area contributed by atoms with E-state index in [0.29, 0.717) is 23.4 Å². The molecule has 106 valence electrons. The standard InChI is InChI=1S/C15H13ClN4O/c1-10-7-18-15(21-10)12-4-2-11(3-5-12)8-17-14-6-13(16)19-9-20-14/h2-7,9H,8H2,1H3,(H,17,19,20). The van der Waals surface area contributed by atoms with Crippen LogP contribution in [0.15, 0.2) is 47.3 Å². The zero-order valence-electron chi connectivity index (χ0n) is 11.4. The van der Waals surface area contributed by atoms with Gasteiger partial charge in [0, 0.05) is 18.2 Å². The molecule has 0 atom stereocenters. The summed E-state index contributed by atoms with van der Waals surface area (Å²) >= 11 is 5.81. The maximum atomic E-state index is 5.81. The Balaban J connectivity index is 1.67. The number of benzene rings is 1. The zero-order valence-corrected chi connectivity index (χ0v) is 12.1. The van der Waals surface area contributed by atoms with Gasteiger partial charge in [0.25, 0.3) is 0 Å². The summed E-state index contributed by atoms with van der Waals surface area (Å²) in [5.41, 5.74) is 2.08. The molecule has 0 spiro atoms. The maximum absolute atomic E-state index is 5.81. The lowest BCUT2D eigenvalue weighted by Gasteiger charge is -2.06. The number of anilines is 1. The normalized spacial score (nSPS) is 10.6. The highest BCUT2D eigenvalue weighted by molar-refractivity contribution is 6.29. The second-order valence-corrected chi connectivity index (χ2v) is 4.94. The van der Waals surface area contributed by atoms with Crippen molar-refractivity contribution in [2.45, 2.75) is 13.5 Å². The predicted molar refractivity (Wildman–Crippen MR) is 81.0 cm³/mol. The van der Waals surface area contributed by atoms with Crippen LogP contribution in [0.4, 0.5) is 5.82 Å². The van der Waals surface area contributed by atoms with E-state index < -0.39 is 0 Å². The van der Waals surface area contributed by atoms with E-state index >= 15 is 0 Å². The van der Waals surface area contributed by atoms with Gasteiger partial charge in [-0.25, -0.2) is 15.0 Å². The Kier molecular flexibility index (Phi) is 3.83. The van der Waals surface area contributed by atoms with Crippen molar-refractivity contribution < 1.29 is 4.42 Å². The van der Waals surface area contributed by atoms with E-state index in [1.807, 2.05) is 31.2 Å². The fourth-order valence-electron chi connectivity index (χ4n) is 1.88. The average Bonchev–Trinajstić information content (AvgIpc) is 2.92. The van der Waals surface area contributed by atoms with Gasteiger partial charge in [0.1, 0.15) is 23.1 Å². The second-order valence-electron chi connectivity index (χ2n) is 4.55. The van der Waals surface area contributed by atoms with Crippen molar-refractivity contribution in [2.75, 3.05) is 5.32 Å². The first kappa shape index (κ1) is 13.6. The van der Waals surface area contributed by atoms with E-state index in [4.69, 9.17) is 16.0 Å². The Morgan fingerprint density at radius 1 is 1.14 bits per heavy atom. The van der Waals surface area contributed by atoms with Gasteiger partial charge in [0.2, 0.25) is 5.89 Å². The van der Waals surface area contributed by atoms with Gasteiger partial charge in [-0.15, -0.1) is 0 Å². The molecule has 3 rings (SSSR count). The molecule has 2 heterocycles. The van der Waals surface area contributed by atoms with Crippen molar-refractivity contribution in [1.29, 1.82) is 0 Å². The van der Waals surface area contributed by atoms with Crippen LogP contribution >= 0.6 is 11.6 Å². The van der Waals surface area contributed by atoms with E-state index in [-0.39, 0.29) is 0 Å². The SMILES string of the molecule is Cc1cnc(-c2ccc(CNc3cc(Cl)ncn3)cc2)o1. The van der Waals surface area contributed by atoms with Gasteiger partial charge in [-0.3, -0.25) is 0 Å². The molecule has 0 unspecified atom stereocenters. The molecule has 0 radical (unpaired) electrons. The van der Waals surface area contributed by atoms with Crippen LogP contribution in [0, 0.1) is 6.92 Å². The smallest absolute Gasteiger partial charge is 0.226 e. The van der Waals surface area contributed by atoms with Crippen molar-refractivity contribution >= 4 is 17.4 Å². The number of hydrogen-bond acceptors (Lipinski definition) is 5. The molecule has 21 heavy (non-hydrogen) atoms. The van der Waals surface area contributed by atoms with Gasteiger partial charge >= 0.3 is 0 Å². The summed E-state index contributed by atoms with van der Waals surface area (Å²) in [6.07, 6.45) is 3.14.